The molecule has 0 aromatic rings. The van der Waals surface area contributed by atoms with E-state index < -0.39 is 0 Å². The van der Waals surface area contributed by atoms with Crippen LogP contribution >= 0.6 is 0 Å². The molecule has 94 valence electrons. The van der Waals surface area contributed by atoms with Crippen LogP contribution < -0.4 is 5.32 Å². The van der Waals surface area contributed by atoms with E-state index >= 15 is 0 Å². The van der Waals surface area contributed by atoms with Crippen LogP contribution in [0.15, 0.2) is 0 Å². The van der Waals surface area contributed by atoms with Gasteiger partial charge in [-0.1, -0.05) is 33.6 Å². The molecule has 0 radical (unpaired) electrons. The molecule has 0 amide bonds. The highest BCUT2D eigenvalue weighted by molar-refractivity contribution is 5.76. The van der Waals surface area contributed by atoms with Gasteiger partial charge in [0.25, 0.3) is 0 Å². The standard InChI is InChI=1S/C13H25NO2/c1-5-9(2)12(13(15)16-4)14-11-8-6-7-10(11)3/h9-12,14H,5-8H2,1-4H3. The molecule has 0 bridgehead atoms. The number of ether oxygens (including phenoxy) is 1. The van der Waals surface area contributed by atoms with Gasteiger partial charge in [0.05, 0.1) is 7.11 Å². The van der Waals surface area contributed by atoms with Crippen LogP contribution in [-0.2, 0) is 9.53 Å². The topological polar surface area (TPSA) is 38.3 Å². The average molecular weight is 227 g/mol. The zero-order valence-electron chi connectivity index (χ0n) is 11.0. The van der Waals surface area contributed by atoms with Crippen molar-refractivity contribution in [1.82, 2.24) is 5.32 Å². The largest absolute Gasteiger partial charge is 0.468 e. The summed E-state index contributed by atoms with van der Waals surface area (Å²) < 4.78 is 4.88. The Labute approximate surface area is 98.9 Å². The van der Waals surface area contributed by atoms with E-state index in [-0.39, 0.29) is 12.0 Å². The molecule has 1 N–H and O–H groups in total. The van der Waals surface area contributed by atoms with Gasteiger partial charge in [0.1, 0.15) is 6.04 Å². The maximum absolute atomic E-state index is 11.7. The molecule has 0 spiro atoms. The second-order valence-corrected chi connectivity index (χ2v) is 5.07. The van der Waals surface area contributed by atoms with Crippen LogP contribution in [0.5, 0.6) is 0 Å². The van der Waals surface area contributed by atoms with Crippen LogP contribution in [0.1, 0.15) is 46.5 Å². The number of carbonyl (C=O) groups is 1. The van der Waals surface area contributed by atoms with Crippen molar-refractivity contribution in [3.63, 3.8) is 0 Å². The van der Waals surface area contributed by atoms with E-state index in [2.05, 4.69) is 26.1 Å². The van der Waals surface area contributed by atoms with E-state index in [4.69, 9.17) is 4.74 Å². The van der Waals surface area contributed by atoms with Crippen LogP contribution in [-0.4, -0.2) is 25.2 Å². The summed E-state index contributed by atoms with van der Waals surface area (Å²) in [5.41, 5.74) is 0. The summed E-state index contributed by atoms with van der Waals surface area (Å²) in [5, 5.41) is 3.49. The molecule has 1 aliphatic rings. The minimum absolute atomic E-state index is 0.117. The first-order chi connectivity index (χ1) is 7.60. The molecule has 0 aliphatic heterocycles. The van der Waals surface area contributed by atoms with Crippen molar-refractivity contribution in [1.29, 1.82) is 0 Å². The fourth-order valence-electron chi connectivity index (χ4n) is 2.45. The van der Waals surface area contributed by atoms with Gasteiger partial charge >= 0.3 is 5.97 Å². The van der Waals surface area contributed by atoms with E-state index in [1.807, 2.05) is 0 Å². The minimum atomic E-state index is -0.138. The normalized spacial score (nSPS) is 28.8. The quantitative estimate of drug-likeness (QED) is 0.733. The SMILES string of the molecule is CCC(C)C(NC1CCCC1C)C(=O)OC. The highest BCUT2D eigenvalue weighted by Gasteiger charge is 2.31. The van der Waals surface area contributed by atoms with Crippen LogP contribution in [0.3, 0.4) is 0 Å². The lowest BCUT2D eigenvalue weighted by Gasteiger charge is -2.27. The van der Waals surface area contributed by atoms with E-state index in [1.54, 1.807) is 0 Å². The molecular formula is C13H25NO2. The minimum Gasteiger partial charge on any atom is -0.468 e. The maximum atomic E-state index is 11.7. The summed E-state index contributed by atoms with van der Waals surface area (Å²) in [5.74, 6) is 0.893. The highest BCUT2D eigenvalue weighted by Crippen LogP contribution is 2.26. The second-order valence-electron chi connectivity index (χ2n) is 5.07. The van der Waals surface area contributed by atoms with Crippen LogP contribution in [0.25, 0.3) is 0 Å². The Morgan fingerprint density at radius 3 is 2.62 bits per heavy atom. The Bertz CT molecular complexity index is 230. The van der Waals surface area contributed by atoms with Gasteiger partial charge in [0.2, 0.25) is 0 Å². The first-order valence-electron chi connectivity index (χ1n) is 6.44. The van der Waals surface area contributed by atoms with Gasteiger partial charge in [-0.25, -0.2) is 0 Å². The Kier molecular flexibility index (Phi) is 5.26. The summed E-state index contributed by atoms with van der Waals surface area (Å²) in [7, 11) is 1.47. The van der Waals surface area contributed by atoms with Crippen LogP contribution in [0.4, 0.5) is 0 Å². The second kappa shape index (κ2) is 6.24. The number of nitrogens with one attached hydrogen (secondary N) is 1. The molecule has 4 unspecified atom stereocenters. The summed E-state index contributed by atoms with van der Waals surface area (Å²) in [6.45, 7) is 6.48. The number of rotatable bonds is 5. The molecule has 0 aromatic carbocycles. The lowest BCUT2D eigenvalue weighted by atomic mass is 9.96. The van der Waals surface area contributed by atoms with Crippen molar-refractivity contribution >= 4 is 5.97 Å². The fraction of sp³-hybridized carbons (Fsp3) is 0.923. The average Bonchev–Trinajstić information content (AvgIpc) is 2.69. The monoisotopic (exact) mass is 227 g/mol. The Hall–Kier alpha value is -0.570. The number of hydrogen-bond acceptors (Lipinski definition) is 3. The number of methoxy groups -OCH3 is 1. The highest BCUT2D eigenvalue weighted by atomic mass is 16.5. The smallest absolute Gasteiger partial charge is 0.323 e. The number of hydrogen-bond donors (Lipinski definition) is 1. The van der Waals surface area contributed by atoms with Gasteiger partial charge < -0.3 is 10.1 Å². The molecule has 0 aromatic heterocycles. The van der Waals surface area contributed by atoms with E-state index in [0.29, 0.717) is 17.9 Å². The molecule has 1 saturated carbocycles. The molecule has 0 saturated heterocycles. The molecule has 0 heterocycles. The number of esters is 1. The lowest BCUT2D eigenvalue weighted by Crippen LogP contribution is -2.48. The van der Waals surface area contributed by atoms with Gasteiger partial charge in [-0.3, -0.25) is 4.79 Å². The van der Waals surface area contributed by atoms with Gasteiger partial charge in [-0.05, 0) is 24.7 Å². The molecular weight excluding hydrogens is 202 g/mol. The van der Waals surface area contributed by atoms with Crippen molar-refractivity contribution in [2.75, 3.05) is 7.11 Å². The summed E-state index contributed by atoms with van der Waals surface area (Å²) >= 11 is 0. The predicted molar refractivity (Wildman–Crippen MR) is 65.2 cm³/mol. The van der Waals surface area contributed by atoms with Crippen molar-refractivity contribution in [2.45, 2.75) is 58.5 Å². The lowest BCUT2D eigenvalue weighted by molar-refractivity contribution is -0.144. The summed E-state index contributed by atoms with van der Waals surface area (Å²) in [6, 6.07) is 0.346. The summed E-state index contributed by atoms with van der Waals surface area (Å²) in [6.07, 6.45) is 4.72. The molecule has 1 rings (SSSR count). The first kappa shape index (κ1) is 13.5. The van der Waals surface area contributed by atoms with Crippen molar-refractivity contribution in [3.05, 3.63) is 0 Å². The Morgan fingerprint density at radius 1 is 1.50 bits per heavy atom. The third-order valence-electron chi connectivity index (χ3n) is 3.92. The molecule has 1 fully saturated rings. The third-order valence-corrected chi connectivity index (χ3v) is 3.92. The molecule has 3 heteroatoms. The number of carbonyl (C=O) groups excluding carboxylic acids is 1. The van der Waals surface area contributed by atoms with Crippen LogP contribution in [0, 0.1) is 11.8 Å². The van der Waals surface area contributed by atoms with Crippen molar-refractivity contribution < 1.29 is 9.53 Å². The Balaban J connectivity index is 2.59. The predicted octanol–water partition coefficient (Wildman–Crippen LogP) is 2.35. The van der Waals surface area contributed by atoms with Crippen LogP contribution in [0.2, 0.25) is 0 Å². The third kappa shape index (κ3) is 3.21. The molecule has 3 nitrogen and oxygen atoms in total. The molecule has 16 heavy (non-hydrogen) atoms. The Morgan fingerprint density at radius 2 is 2.19 bits per heavy atom. The first-order valence-corrected chi connectivity index (χ1v) is 6.44. The van der Waals surface area contributed by atoms with Gasteiger partial charge in [-0.2, -0.15) is 0 Å². The fourth-order valence-corrected chi connectivity index (χ4v) is 2.45. The van der Waals surface area contributed by atoms with Crippen molar-refractivity contribution in [2.24, 2.45) is 11.8 Å². The van der Waals surface area contributed by atoms with E-state index in [9.17, 15) is 4.79 Å². The van der Waals surface area contributed by atoms with Gasteiger partial charge in [0, 0.05) is 6.04 Å². The van der Waals surface area contributed by atoms with Crippen molar-refractivity contribution in [3.8, 4) is 0 Å². The zero-order valence-corrected chi connectivity index (χ0v) is 11.0. The molecule has 1 aliphatic carbocycles. The van der Waals surface area contributed by atoms with E-state index in [0.717, 1.165) is 6.42 Å². The summed E-state index contributed by atoms with van der Waals surface area (Å²) in [4.78, 5) is 11.7. The maximum Gasteiger partial charge on any atom is 0.323 e. The van der Waals surface area contributed by atoms with E-state index in [1.165, 1.54) is 26.4 Å². The van der Waals surface area contributed by atoms with Gasteiger partial charge in [0.15, 0.2) is 0 Å². The molecule has 4 atom stereocenters. The zero-order chi connectivity index (χ0) is 12.1. The van der Waals surface area contributed by atoms with Gasteiger partial charge in [-0.15, -0.1) is 0 Å².